The average Bonchev–Trinajstić information content (AvgIpc) is 3.07. The minimum atomic E-state index is -1.12. The van der Waals surface area contributed by atoms with Crippen molar-refractivity contribution in [1.82, 2.24) is 10.6 Å². The number of carboxylic acids is 1. The highest BCUT2D eigenvalue weighted by Gasteiger charge is 2.35. The van der Waals surface area contributed by atoms with E-state index in [-0.39, 0.29) is 12.5 Å². The third-order valence-corrected chi connectivity index (χ3v) is 5.76. The maximum atomic E-state index is 12.6. The van der Waals surface area contributed by atoms with Crippen LogP contribution in [0.2, 0.25) is 0 Å². The summed E-state index contributed by atoms with van der Waals surface area (Å²) < 4.78 is 5.50. The van der Waals surface area contributed by atoms with Crippen molar-refractivity contribution in [3.8, 4) is 11.1 Å². The lowest BCUT2D eigenvalue weighted by molar-refractivity contribution is -0.145. The average molecular weight is 439 g/mol. The topological polar surface area (TPSA) is 105 Å². The van der Waals surface area contributed by atoms with Crippen LogP contribution in [0.25, 0.3) is 11.1 Å². The molecule has 0 fully saturated rings. The first-order valence-electron chi connectivity index (χ1n) is 10.8. The van der Waals surface area contributed by atoms with E-state index in [9.17, 15) is 19.5 Å². The molecule has 0 spiro atoms. The third kappa shape index (κ3) is 4.93. The number of alkyl carbamates (subject to hydrolysis) is 1. The lowest BCUT2D eigenvalue weighted by Gasteiger charge is -2.29. The molecule has 0 bridgehead atoms. The molecule has 2 aromatic carbocycles. The van der Waals surface area contributed by atoms with Crippen LogP contribution >= 0.6 is 0 Å². The Hall–Kier alpha value is -3.35. The number of carbonyl (C=O) groups is 3. The van der Waals surface area contributed by atoms with Gasteiger partial charge < -0.3 is 20.5 Å². The summed E-state index contributed by atoms with van der Waals surface area (Å²) in [6, 6.07) is 14.1. The zero-order valence-electron chi connectivity index (χ0n) is 18.8. The van der Waals surface area contributed by atoms with Crippen LogP contribution < -0.4 is 10.6 Å². The Bertz CT molecular complexity index is 966. The molecule has 3 rings (SSSR count). The van der Waals surface area contributed by atoms with Crippen molar-refractivity contribution in [3.05, 3.63) is 59.7 Å². The van der Waals surface area contributed by atoms with Gasteiger partial charge in [0.15, 0.2) is 0 Å². The van der Waals surface area contributed by atoms with E-state index in [1.165, 1.54) is 0 Å². The molecule has 0 radical (unpaired) electrons. The molecule has 0 aromatic heterocycles. The van der Waals surface area contributed by atoms with Gasteiger partial charge in [-0.25, -0.2) is 9.59 Å². The molecule has 2 atom stereocenters. The summed E-state index contributed by atoms with van der Waals surface area (Å²) in [5, 5.41) is 14.5. The van der Waals surface area contributed by atoms with Gasteiger partial charge in [-0.05, 0) is 34.1 Å². The monoisotopic (exact) mass is 438 g/mol. The molecule has 1 aliphatic rings. The van der Waals surface area contributed by atoms with Gasteiger partial charge in [0.05, 0.1) is 0 Å². The number of amides is 2. The summed E-state index contributed by atoms with van der Waals surface area (Å²) in [4.78, 5) is 36.6. The standard InChI is InChI=1S/C25H30N2O5/c1-5-20(22(28)27-21(23(29)30)25(2,3)4)26-24(31)32-14-19-17-12-8-6-10-15(17)16-11-7-9-13-18(16)19/h6-13,19-21H,5,14H2,1-4H3,(H,26,31)(H,27,28)(H,29,30)/t20?,21-/m1/s1. The van der Waals surface area contributed by atoms with E-state index in [4.69, 9.17) is 4.74 Å². The molecule has 2 aromatic rings. The van der Waals surface area contributed by atoms with E-state index in [0.717, 1.165) is 22.3 Å². The second-order valence-corrected chi connectivity index (χ2v) is 9.08. The molecule has 0 heterocycles. The van der Waals surface area contributed by atoms with Gasteiger partial charge in [0.25, 0.3) is 0 Å². The Morgan fingerprint density at radius 1 is 0.969 bits per heavy atom. The predicted octanol–water partition coefficient (Wildman–Crippen LogP) is 3.92. The fourth-order valence-electron chi connectivity index (χ4n) is 4.03. The Kier molecular flexibility index (Phi) is 6.87. The molecule has 32 heavy (non-hydrogen) atoms. The summed E-state index contributed by atoms with van der Waals surface area (Å²) >= 11 is 0. The quantitative estimate of drug-likeness (QED) is 0.608. The summed E-state index contributed by atoms with van der Waals surface area (Å²) in [6.07, 6.45) is -0.413. The van der Waals surface area contributed by atoms with Crippen molar-refractivity contribution < 1.29 is 24.2 Å². The van der Waals surface area contributed by atoms with Crippen molar-refractivity contribution >= 4 is 18.0 Å². The molecule has 170 valence electrons. The van der Waals surface area contributed by atoms with E-state index >= 15 is 0 Å². The summed E-state index contributed by atoms with van der Waals surface area (Å²) in [5.41, 5.74) is 3.78. The van der Waals surface area contributed by atoms with Crippen LogP contribution in [-0.2, 0) is 14.3 Å². The molecule has 1 unspecified atom stereocenters. The van der Waals surface area contributed by atoms with Crippen molar-refractivity contribution in [2.75, 3.05) is 6.61 Å². The first-order chi connectivity index (χ1) is 15.1. The molecular weight excluding hydrogens is 408 g/mol. The number of fused-ring (bicyclic) bond motifs is 3. The Balaban J connectivity index is 1.64. The summed E-state index contributed by atoms with van der Waals surface area (Å²) in [5.74, 6) is -1.76. The normalized spacial score (nSPS) is 14.6. The fraction of sp³-hybridized carbons (Fsp3) is 0.400. The van der Waals surface area contributed by atoms with Crippen molar-refractivity contribution in [3.63, 3.8) is 0 Å². The molecular formula is C25H30N2O5. The van der Waals surface area contributed by atoms with Gasteiger partial charge >= 0.3 is 12.1 Å². The maximum absolute atomic E-state index is 12.6. The molecule has 3 N–H and O–H groups in total. The van der Waals surface area contributed by atoms with E-state index in [2.05, 4.69) is 22.8 Å². The minimum Gasteiger partial charge on any atom is -0.480 e. The second kappa shape index (κ2) is 9.42. The first-order valence-corrected chi connectivity index (χ1v) is 10.8. The molecule has 2 amide bonds. The first kappa shape index (κ1) is 23.3. The van der Waals surface area contributed by atoms with Gasteiger partial charge in [-0.1, -0.05) is 76.2 Å². The number of carbonyl (C=O) groups excluding carboxylic acids is 2. The van der Waals surface area contributed by atoms with E-state index in [0.29, 0.717) is 6.42 Å². The lowest BCUT2D eigenvalue weighted by atomic mass is 9.86. The largest absolute Gasteiger partial charge is 0.480 e. The smallest absolute Gasteiger partial charge is 0.407 e. The highest BCUT2D eigenvalue weighted by atomic mass is 16.5. The van der Waals surface area contributed by atoms with Crippen LogP contribution in [0.15, 0.2) is 48.5 Å². The van der Waals surface area contributed by atoms with Gasteiger partial charge in [-0.15, -0.1) is 0 Å². The summed E-state index contributed by atoms with van der Waals surface area (Å²) in [6.45, 7) is 7.06. The Morgan fingerprint density at radius 3 is 1.97 bits per heavy atom. The van der Waals surface area contributed by atoms with Crippen molar-refractivity contribution in [2.45, 2.75) is 52.1 Å². The highest BCUT2D eigenvalue weighted by molar-refractivity contribution is 5.89. The van der Waals surface area contributed by atoms with E-state index < -0.39 is 35.5 Å². The number of carboxylic acid groups (broad SMARTS) is 1. The maximum Gasteiger partial charge on any atom is 0.407 e. The SMILES string of the molecule is CCC(NC(=O)OCC1c2ccccc2-c2ccccc21)C(=O)N[C@H](C(=O)O)C(C)(C)C. The van der Waals surface area contributed by atoms with Gasteiger partial charge in [0.1, 0.15) is 18.7 Å². The number of hydrogen-bond acceptors (Lipinski definition) is 4. The van der Waals surface area contributed by atoms with Crippen molar-refractivity contribution in [1.29, 1.82) is 0 Å². The van der Waals surface area contributed by atoms with Gasteiger partial charge in [0.2, 0.25) is 5.91 Å². The Morgan fingerprint density at radius 2 is 1.50 bits per heavy atom. The minimum absolute atomic E-state index is 0.0839. The zero-order chi connectivity index (χ0) is 23.5. The number of ether oxygens (including phenoxy) is 1. The van der Waals surface area contributed by atoms with E-state index in [1.807, 2.05) is 36.4 Å². The Labute approximate surface area is 188 Å². The van der Waals surface area contributed by atoms with Crippen LogP contribution in [-0.4, -0.2) is 41.8 Å². The molecule has 7 heteroatoms. The third-order valence-electron chi connectivity index (χ3n) is 5.76. The number of hydrogen-bond donors (Lipinski definition) is 3. The number of benzene rings is 2. The zero-order valence-corrected chi connectivity index (χ0v) is 18.8. The molecule has 0 saturated heterocycles. The highest BCUT2D eigenvalue weighted by Crippen LogP contribution is 2.44. The molecule has 1 aliphatic carbocycles. The number of aliphatic carboxylic acids is 1. The van der Waals surface area contributed by atoms with Gasteiger partial charge in [-0.2, -0.15) is 0 Å². The number of rotatable bonds is 7. The fourth-order valence-corrected chi connectivity index (χ4v) is 4.03. The van der Waals surface area contributed by atoms with Crippen LogP contribution in [0.4, 0.5) is 4.79 Å². The molecule has 0 saturated carbocycles. The molecule has 7 nitrogen and oxygen atoms in total. The molecule has 0 aliphatic heterocycles. The van der Waals surface area contributed by atoms with Crippen LogP contribution in [0.3, 0.4) is 0 Å². The summed E-state index contributed by atoms with van der Waals surface area (Å²) in [7, 11) is 0. The van der Waals surface area contributed by atoms with Gasteiger partial charge in [-0.3, -0.25) is 4.79 Å². The van der Waals surface area contributed by atoms with Crippen LogP contribution in [0.1, 0.15) is 51.2 Å². The predicted molar refractivity (Wildman–Crippen MR) is 121 cm³/mol. The van der Waals surface area contributed by atoms with Crippen LogP contribution in [0.5, 0.6) is 0 Å². The lowest BCUT2D eigenvalue weighted by Crippen LogP contribution is -2.55. The van der Waals surface area contributed by atoms with E-state index in [1.54, 1.807) is 27.7 Å². The number of nitrogens with one attached hydrogen (secondary N) is 2. The van der Waals surface area contributed by atoms with Crippen molar-refractivity contribution in [2.24, 2.45) is 5.41 Å². The van der Waals surface area contributed by atoms with Gasteiger partial charge in [0, 0.05) is 5.92 Å². The van der Waals surface area contributed by atoms with Crippen LogP contribution in [0, 0.1) is 5.41 Å². The second-order valence-electron chi connectivity index (χ2n) is 9.08.